The maximum atomic E-state index is 12.6. The van der Waals surface area contributed by atoms with Crippen molar-refractivity contribution in [2.45, 2.75) is 26.5 Å². The Kier molecular flexibility index (Phi) is 5.42. The maximum Gasteiger partial charge on any atom is 0.252 e. The molecule has 134 valence electrons. The van der Waals surface area contributed by atoms with Crippen LogP contribution in [0.25, 0.3) is 10.9 Å². The average Bonchev–Trinajstić information content (AvgIpc) is 2.60. The fraction of sp³-hybridized carbons (Fsp3) is 0.200. The molecule has 3 rings (SSSR count). The Labute approximate surface area is 159 Å². The molecule has 2 aromatic carbocycles. The van der Waals surface area contributed by atoms with Gasteiger partial charge in [-0.2, -0.15) is 0 Å². The highest BCUT2D eigenvalue weighted by molar-refractivity contribution is 9.10. The lowest BCUT2D eigenvalue weighted by Gasteiger charge is -2.11. The molecule has 0 spiro atoms. The summed E-state index contributed by atoms with van der Waals surface area (Å²) < 4.78 is 6.45. The van der Waals surface area contributed by atoms with E-state index < -0.39 is 0 Å². The highest BCUT2D eigenvalue weighted by Gasteiger charge is 2.12. The van der Waals surface area contributed by atoms with Crippen molar-refractivity contribution in [3.63, 3.8) is 0 Å². The third-order valence-corrected chi connectivity index (χ3v) is 4.29. The zero-order valence-electron chi connectivity index (χ0n) is 14.5. The van der Waals surface area contributed by atoms with Crippen LogP contribution in [0.15, 0.2) is 57.8 Å². The fourth-order valence-corrected chi connectivity index (χ4v) is 3.01. The van der Waals surface area contributed by atoms with Crippen molar-refractivity contribution in [3.05, 3.63) is 74.5 Å². The summed E-state index contributed by atoms with van der Waals surface area (Å²) in [7, 11) is 0. The highest BCUT2D eigenvalue weighted by atomic mass is 79.9. The van der Waals surface area contributed by atoms with Crippen molar-refractivity contribution < 1.29 is 9.53 Å². The lowest BCUT2D eigenvalue weighted by molar-refractivity contribution is 0.0952. The van der Waals surface area contributed by atoms with E-state index in [2.05, 4.69) is 26.2 Å². The summed E-state index contributed by atoms with van der Waals surface area (Å²) >= 11 is 3.40. The van der Waals surface area contributed by atoms with Crippen LogP contribution in [0.4, 0.5) is 0 Å². The molecule has 0 saturated carbocycles. The number of H-pyrrole nitrogens is 1. The van der Waals surface area contributed by atoms with Gasteiger partial charge >= 0.3 is 0 Å². The first-order valence-corrected chi connectivity index (χ1v) is 9.08. The van der Waals surface area contributed by atoms with Crippen molar-refractivity contribution in [3.8, 4) is 5.75 Å². The van der Waals surface area contributed by atoms with Gasteiger partial charge < -0.3 is 15.0 Å². The summed E-state index contributed by atoms with van der Waals surface area (Å²) in [5.74, 6) is 0.502. The minimum Gasteiger partial charge on any atom is -0.491 e. The van der Waals surface area contributed by atoms with Gasteiger partial charge in [0, 0.05) is 28.0 Å². The Bertz CT molecular complexity index is 994. The molecule has 0 bridgehead atoms. The quantitative estimate of drug-likeness (QED) is 0.662. The van der Waals surface area contributed by atoms with Gasteiger partial charge in [-0.1, -0.05) is 28.1 Å². The van der Waals surface area contributed by atoms with Gasteiger partial charge in [-0.25, -0.2) is 0 Å². The number of carbonyl (C=O) groups excluding carboxylic acids is 1. The minimum absolute atomic E-state index is 0.115. The van der Waals surface area contributed by atoms with E-state index >= 15 is 0 Å². The molecule has 0 aliphatic carbocycles. The van der Waals surface area contributed by atoms with Gasteiger partial charge in [0.25, 0.3) is 5.91 Å². The van der Waals surface area contributed by atoms with Crippen LogP contribution in [0.5, 0.6) is 5.75 Å². The van der Waals surface area contributed by atoms with Crippen LogP contribution < -0.4 is 15.6 Å². The molecule has 0 unspecified atom stereocenters. The average molecular weight is 415 g/mol. The lowest BCUT2D eigenvalue weighted by atomic mass is 10.1. The number of halogens is 1. The molecule has 0 fully saturated rings. The standard InChI is InChI=1S/C20H19BrN2O3/c1-12(2)26-15-6-3-13(4-7-15)11-22-20(25)17-10-19(24)23-18-8-5-14(21)9-16(17)18/h3-10,12H,11H2,1-2H3,(H,22,25)(H,23,24). The third kappa shape index (κ3) is 4.32. The molecular weight excluding hydrogens is 396 g/mol. The van der Waals surface area contributed by atoms with Gasteiger partial charge in [0.2, 0.25) is 5.56 Å². The van der Waals surface area contributed by atoms with E-state index in [1.165, 1.54) is 6.07 Å². The predicted octanol–water partition coefficient (Wildman–Crippen LogP) is 4.01. The molecule has 1 amide bonds. The normalized spacial score (nSPS) is 10.9. The molecule has 26 heavy (non-hydrogen) atoms. The Morgan fingerprint density at radius 1 is 1.15 bits per heavy atom. The Morgan fingerprint density at radius 2 is 1.88 bits per heavy atom. The van der Waals surface area contributed by atoms with Gasteiger partial charge in [0.05, 0.1) is 11.7 Å². The Morgan fingerprint density at radius 3 is 2.58 bits per heavy atom. The van der Waals surface area contributed by atoms with Crippen molar-refractivity contribution in [1.82, 2.24) is 10.3 Å². The number of aromatic nitrogens is 1. The lowest BCUT2D eigenvalue weighted by Crippen LogP contribution is -2.24. The molecule has 0 atom stereocenters. The van der Waals surface area contributed by atoms with Crippen LogP contribution in [-0.4, -0.2) is 17.0 Å². The van der Waals surface area contributed by atoms with Gasteiger partial charge in [0.15, 0.2) is 0 Å². The smallest absolute Gasteiger partial charge is 0.252 e. The number of pyridine rings is 1. The Hall–Kier alpha value is -2.60. The Balaban J connectivity index is 1.77. The van der Waals surface area contributed by atoms with Crippen molar-refractivity contribution in [2.75, 3.05) is 0 Å². The number of carbonyl (C=O) groups is 1. The summed E-state index contributed by atoms with van der Waals surface area (Å²) in [6.45, 7) is 4.31. The monoisotopic (exact) mass is 414 g/mol. The first-order chi connectivity index (χ1) is 12.4. The number of fused-ring (bicyclic) bond motifs is 1. The van der Waals surface area contributed by atoms with E-state index in [4.69, 9.17) is 4.74 Å². The second-order valence-corrected chi connectivity index (χ2v) is 7.15. The summed E-state index contributed by atoms with van der Waals surface area (Å²) in [6, 6.07) is 14.3. The van der Waals surface area contributed by atoms with Crippen LogP contribution in [0.1, 0.15) is 29.8 Å². The van der Waals surface area contributed by atoms with Crippen LogP contribution in [0.2, 0.25) is 0 Å². The molecule has 0 aliphatic rings. The van der Waals surface area contributed by atoms with Gasteiger partial charge in [-0.05, 0) is 49.7 Å². The number of amides is 1. The first kappa shape index (κ1) is 18.2. The van der Waals surface area contributed by atoms with Gasteiger partial charge in [-0.3, -0.25) is 9.59 Å². The zero-order valence-corrected chi connectivity index (χ0v) is 16.1. The van der Waals surface area contributed by atoms with Crippen molar-refractivity contribution >= 4 is 32.7 Å². The predicted molar refractivity (Wildman–Crippen MR) is 106 cm³/mol. The van der Waals surface area contributed by atoms with Gasteiger partial charge in [-0.15, -0.1) is 0 Å². The molecule has 0 aliphatic heterocycles. The van der Waals surface area contributed by atoms with Crippen LogP contribution in [0, 0.1) is 0 Å². The summed E-state index contributed by atoms with van der Waals surface area (Å²) in [6.07, 6.45) is 0.115. The van der Waals surface area contributed by atoms with Crippen LogP contribution in [-0.2, 0) is 6.54 Å². The largest absolute Gasteiger partial charge is 0.491 e. The molecule has 1 heterocycles. The molecular formula is C20H19BrN2O3. The number of ether oxygens (including phenoxy) is 1. The number of aromatic amines is 1. The van der Waals surface area contributed by atoms with Crippen molar-refractivity contribution in [2.24, 2.45) is 0 Å². The first-order valence-electron chi connectivity index (χ1n) is 8.29. The van der Waals surface area contributed by atoms with E-state index in [-0.39, 0.29) is 17.6 Å². The maximum absolute atomic E-state index is 12.6. The number of rotatable bonds is 5. The number of nitrogens with one attached hydrogen (secondary N) is 2. The topological polar surface area (TPSA) is 71.2 Å². The van der Waals surface area contributed by atoms with E-state index in [9.17, 15) is 9.59 Å². The minimum atomic E-state index is -0.305. The summed E-state index contributed by atoms with van der Waals surface area (Å²) in [5, 5.41) is 3.56. The number of benzene rings is 2. The van der Waals surface area contributed by atoms with Gasteiger partial charge in [0.1, 0.15) is 5.75 Å². The van der Waals surface area contributed by atoms with Crippen LogP contribution >= 0.6 is 15.9 Å². The highest BCUT2D eigenvalue weighted by Crippen LogP contribution is 2.20. The summed E-state index contributed by atoms with van der Waals surface area (Å²) in [5.41, 5.74) is 1.62. The number of hydrogen-bond donors (Lipinski definition) is 2. The number of hydrogen-bond acceptors (Lipinski definition) is 3. The third-order valence-electron chi connectivity index (χ3n) is 3.80. The molecule has 6 heteroatoms. The SMILES string of the molecule is CC(C)Oc1ccc(CNC(=O)c2cc(=O)[nH]c3ccc(Br)cc23)cc1. The molecule has 5 nitrogen and oxygen atoms in total. The molecule has 2 N–H and O–H groups in total. The summed E-state index contributed by atoms with van der Waals surface area (Å²) in [4.78, 5) is 27.2. The second-order valence-electron chi connectivity index (χ2n) is 6.23. The molecule has 3 aromatic rings. The van der Waals surface area contributed by atoms with E-state index in [0.717, 1.165) is 15.8 Å². The van der Waals surface area contributed by atoms with E-state index in [0.29, 0.717) is 23.0 Å². The fourth-order valence-electron chi connectivity index (χ4n) is 2.65. The molecule has 0 radical (unpaired) electrons. The van der Waals surface area contributed by atoms with E-state index in [1.807, 2.05) is 50.2 Å². The zero-order chi connectivity index (χ0) is 18.7. The van der Waals surface area contributed by atoms with E-state index in [1.54, 1.807) is 6.07 Å². The molecule has 1 aromatic heterocycles. The second kappa shape index (κ2) is 7.74. The van der Waals surface area contributed by atoms with Crippen LogP contribution in [0.3, 0.4) is 0 Å². The van der Waals surface area contributed by atoms with Crippen molar-refractivity contribution in [1.29, 1.82) is 0 Å². The molecule has 0 saturated heterocycles.